The zero-order chi connectivity index (χ0) is 19.0. The first-order valence-corrected chi connectivity index (χ1v) is 9.36. The quantitative estimate of drug-likeness (QED) is 0.747. The van der Waals surface area contributed by atoms with E-state index in [1.165, 1.54) is 5.69 Å². The molecule has 3 heterocycles. The Bertz CT molecular complexity index is 964. The van der Waals surface area contributed by atoms with Crippen LogP contribution in [0.5, 0.6) is 5.75 Å². The average Bonchev–Trinajstić information content (AvgIpc) is 3.11. The molecule has 0 spiro atoms. The van der Waals surface area contributed by atoms with Gasteiger partial charge in [0.05, 0.1) is 24.4 Å². The number of pyridine rings is 1. The van der Waals surface area contributed by atoms with Gasteiger partial charge in [-0.15, -0.1) is 0 Å². The zero-order valence-electron chi connectivity index (χ0n) is 15.5. The monoisotopic (exact) mass is 386 g/mol. The van der Waals surface area contributed by atoms with Crippen LogP contribution in [0.1, 0.15) is 5.56 Å². The normalized spacial score (nSPS) is 15.5. The minimum absolute atomic E-state index is 0.108. The summed E-state index contributed by atoms with van der Waals surface area (Å²) in [7, 11) is 3.72. The van der Waals surface area contributed by atoms with E-state index in [9.17, 15) is 5.11 Å². The Kier molecular flexibility index (Phi) is 4.95. The van der Waals surface area contributed by atoms with Crippen molar-refractivity contribution >= 4 is 22.9 Å². The number of anilines is 1. The summed E-state index contributed by atoms with van der Waals surface area (Å²) >= 11 is 6.29. The SMILES string of the molecule is COc1cc(CO)c(-c2cn3ccc(N4CCN(C)CC4)cc3n2)cc1Cl. The molecule has 7 heteroatoms. The van der Waals surface area contributed by atoms with Gasteiger partial charge in [-0.2, -0.15) is 0 Å². The van der Waals surface area contributed by atoms with Crippen LogP contribution >= 0.6 is 11.6 Å². The van der Waals surface area contributed by atoms with E-state index >= 15 is 0 Å². The molecule has 0 saturated carbocycles. The highest BCUT2D eigenvalue weighted by Gasteiger charge is 2.17. The van der Waals surface area contributed by atoms with Crippen LogP contribution in [0, 0.1) is 0 Å². The molecule has 0 amide bonds. The first-order chi connectivity index (χ1) is 13.1. The number of benzene rings is 1. The van der Waals surface area contributed by atoms with Crippen molar-refractivity contribution in [3.8, 4) is 17.0 Å². The third-order valence-corrected chi connectivity index (χ3v) is 5.43. The van der Waals surface area contributed by atoms with Crippen LogP contribution in [-0.2, 0) is 6.61 Å². The van der Waals surface area contributed by atoms with Crippen LogP contribution in [0.4, 0.5) is 5.69 Å². The van der Waals surface area contributed by atoms with Gasteiger partial charge in [0, 0.05) is 55.9 Å². The number of halogens is 1. The average molecular weight is 387 g/mol. The molecule has 27 heavy (non-hydrogen) atoms. The van der Waals surface area contributed by atoms with Gasteiger partial charge in [0.15, 0.2) is 0 Å². The fraction of sp³-hybridized carbons (Fsp3) is 0.350. The summed E-state index contributed by atoms with van der Waals surface area (Å²) in [5.41, 5.74) is 4.38. The maximum absolute atomic E-state index is 9.76. The summed E-state index contributed by atoms with van der Waals surface area (Å²) in [6.07, 6.45) is 3.99. The fourth-order valence-corrected chi connectivity index (χ4v) is 3.72. The summed E-state index contributed by atoms with van der Waals surface area (Å²) in [6.45, 7) is 4.05. The molecule has 0 radical (unpaired) electrons. The van der Waals surface area contributed by atoms with Gasteiger partial charge in [0.25, 0.3) is 0 Å². The van der Waals surface area contributed by atoms with E-state index in [1.807, 2.05) is 16.8 Å². The summed E-state index contributed by atoms with van der Waals surface area (Å²) in [5, 5.41) is 10.3. The standard InChI is InChI=1S/C20H23ClN4O2/c1-23-5-7-24(8-6-23)15-3-4-25-12-18(22-20(25)10-15)16-11-17(21)19(27-2)9-14(16)13-26/h3-4,9-12,26H,5-8,13H2,1-2H3. The second-order valence-electron chi connectivity index (χ2n) is 6.87. The fourth-order valence-electron chi connectivity index (χ4n) is 3.48. The Balaban J connectivity index is 1.71. The highest BCUT2D eigenvalue weighted by molar-refractivity contribution is 6.32. The van der Waals surface area contributed by atoms with Crippen LogP contribution < -0.4 is 9.64 Å². The van der Waals surface area contributed by atoms with Crippen LogP contribution in [0.2, 0.25) is 5.02 Å². The summed E-state index contributed by atoms with van der Waals surface area (Å²) in [4.78, 5) is 9.50. The number of rotatable bonds is 4. The molecular weight excluding hydrogens is 364 g/mol. The van der Waals surface area contributed by atoms with Gasteiger partial charge in [0.1, 0.15) is 11.4 Å². The Morgan fingerprint density at radius 1 is 1.19 bits per heavy atom. The van der Waals surface area contributed by atoms with E-state index in [4.69, 9.17) is 21.3 Å². The molecule has 1 aliphatic heterocycles. The van der Waals surface area contributed by atoms with Gasteiger partial charge >= 0.3 is 0 Å². The molecule has 142 valence electrons. The number of piperazine rings is 1. The molecular formula is C20H23ClN4O2. The van der Waals surface area contributed by atoms with E-state index in [1.54, 1.807) is 19.2 Å². The first-order valence-electron chi connectivity index (χ1n) is 8.99. The molecule has 1 saturated heterocycles. The predicted octanol–water partition coefficient (Wildman–Crippen LogP) is 2.91. The second-order valence-corrected chi connectivity index (χ2v) is 7.28. The van der Waals surface area contributed by atoms with Crippen molar-refractivity contribution in [2.24, 2.45) is 0 Å². The number of likely N-dealkylation sites (N-methyl/N-ethyl adjacent to an activating group) is 1. The molecule has 2 aromatic heterocycles. The van der Waals surface area contributed by atoms with E-state index in [2.05, 4.69) is 29.0 Å². The lowest BCUT2D eigenvalue weighted by Crippen LogP contribution is -2.44. The Labute approximate surface area is 163 Å². The molecule has 6 nitrogen and oxygen atoms in total. The van der Waals surface area contributed by atoms with Crippen molar-refractivity contribution in [1.29, 1.82) is 0 Å². The third kappa shape index (κ3) is 3.48. The molecule has 1 aromatic carbocycles. The van der Waals surface area contributed by atoms with E-state index in [0.29, 0.717) is 10.8 Å². The lowest BCUT2D eigenvalue weighted by molar-refractivity contribution is 0.281. The topological polar surface area (TPSA) is 53.2 Å². The zero-order valence-corrected chi connectivity index (χ0v) is 16.3. The van der Waals surface area contributed by atoms with Gasteiger partial charge in [-0.1, -0.05) is 11.6 Å². The highest BCUT2D eigenvalue weighted by Crippen LogP contribution is 2.34. The summed E-state index contributed by atoms with van der Waals surface area (Å²) in [6, 6.07) is 7.79. The summed E-state index contributed by atoms with van der Waals surface area (Å²) < 4.78 is 7.24. The van der Waals surface area contributed by atoms with E-state index in [-0.39, 0.29) is 6.61 Å². The minimum Gasteiger partial charge on any atom is -0.495 e. The molecule has 1 aliphatic rings. The number of aliphatic hydroxyl groups is 1. The van der Waals surface area contributed by atoms with Gasteiger partial charge in [-0.05, 0) is 30.8 Å². The number of aromatic nitrogens is 2. The molecule has 3 aromatic rings. The van der Waals surface area contributed by atoms with Crippen LogP contribution in [0.3, 0.4) is 0 Å². The van der Waals surface area contributed by atoms with Crippen molar-refractivity contribution in [2.45, 2.75) is 6.61 Å². The number of methoxy groups -OCH3 is 1. The number of nitrogens with zero attached hydrogens (tertiary/aromatic N) is 4. The van der Waals surface area contributed by atoms with Crippen molar-refractivity contribution in [3.63, 3.8) is 0 Å². The predicted molar refractivity (Wildman–Crippen MR) is 108 cm³/mol. The van der Waals surface area contributed by atoms with Crippen LogP contribution in [0.15, 0.2) is 36.7 Å². The maximum atomic E-state index is 9.76. The maximum Gasteiger partial charge on any atom is 0.139 e. The van der Waals surface area contributed by atoms with E-state index < -0.39 is 0 Å². The van der Waals surface area contributed by atoms with Crippen molar-refractivity contribution < 1.29 is 9.84 Å². The number of hydrogen-bond acceptors (Lipinski definition) is 5. The number of fused-ring (bicyclic) bond motifs is 1. The van der Waals surface area contributed by atoms with Crippen molar-refractivity contribution in [3.05, 3.63) is 47.2 Å². The first kappa shape index (κ1) is 18.1. The molecule has 0 bridgehead atoms. The Hall–Kier alpha value is -2.28. The number of hydrogen-bond donors (Lipinski definition) is 1. The molecule has 1 fully saturated rings. The van der Waals surface area contributed by atoms with Gasteiger partial charge < -0.3 is 24.0 Å². The van der Waals surface area contributed by atoms with Gasteiger partial charge in [-0.3, -0.25) is 0 Å². The molecule has 0 aliphatic carbocycles. The Morgan fingerprint density at radius 2 is 1.96 bits per heavy atom. The highest BCUT2D eigenvalue weighted by atomic mass is 35.5. The third-order valence-electron chi connectivity index (χ3n) is 5.14. The molecule has 0 atom stereocenters. The number of imidazole rings is 1. The van der Waals surface area contributed by atoms with Gasteiger partial charge in [-0.25, -0.2) is 4.98 Å². The smallest absolute Gasteiger partial charge is 0.139 e. The van der Waals surface area contributed by atoms with Gasteiger partial charge in [0.2, 0.25) is 0 Å². The largest absolute Gasteiger partial charge is 0.495 e. The molecule has 4 rings (SSSR count). The summed E-state index contributed by atoms with van der Waals surface area (Å²) in [5.74, 6) is 0.547. The van der Waals surface area contributed by atoms with Crippen LogP contribution in [-0.4, -0.2) is 59.7 Å². The Morgan fingerprint density at radius 3 is 2.67 bits per heavy atom. The number of ether oxygens (including phenoxy) is 1. The lowest BCUT2D eigenvalue weighted by Gasteiger charge is -2.34. The van der Waals surface area contributed by atoms with Crippen molar-refractivity contribution in [2.75, 3.05) is 45.2 Å². The van der Waals surface area contributed by atoms with E-state index in [0.717, 1.165) is 48.6 Å². The van der Waals surface area contributed by atoms with Crippen molar-refractivity contribution in [1.82, 2.24) is 14.3 Å². The minimum atomic E-state index is -0.108. The van der Waals surface area contributed by atoms with Crippen LogP contribution in [0.25, 0.3) is 16.9 Å². The lowest BCUT2D eigenvalue weighted by atomic mass is 10.1. The molecule has 1 N–H and O–H groups in total. The number of aliphatic hydroxyl groups excluding tert-OH is 1. The molecule has 0 unspecified atom stereocenters. The second kappa shape index (κ2) is 7.38.